The Labute approximate surface area is 67.9 Å². The molecular weight excluding hydrogens is 140 g/mol. The van der Waals surface area contributed by atoms with Crippen LogP contribution < -0.4 is 0 Å². The topological polar surface area (TPSA) is 26.3 Å². The first-order chi connectivity index (χ1) is 5.06. The molecule has 1 aliphatic carbocycles. The highest BCUT2D eigenvalue weighted by Crippen LogP contribution is 2.40. The number of hydrogen-bond acceptors (Lipinski definition) is 2. The first-order valence-electron chi connectivity index (χ1n) is 4.14. The van der Waals surface area contributed by atoms with Gasteiger partial charge in [0.05, 0.1) is 12.5 Å². The summed E-state index contributed by atoms with van der Waals surface area (Å²) in [7, 11) is 1.46. The predicted octanol–water partition coefficient (Wildman–Crippen LogP) is 1.99. The Hall–Kier alpha value is -0.530. The van der Waals surface area contributed by atoms with Crippen molar-refractivity contribution in [3.05, 3.63) is 0 Å². The number of hydrogen-bond donors (Lipinski definition) is 0. The van der Waals surface area contributed by atoms with Gasteiger partial charge in [0.2, 0.25) is 0 Å². The van der Waals surface area contributed by atoms with Gasteiger partial charge in [0.15, 0.2) is 0 Å². The van der Waals surface area contributed by atoms with E-state index in [-0.39, 0.29) is 11.4 Å². The number of methoxy groups -OCH3 is 1. The summed E-state index contributed by atoms with van der Waals surface area (Å²) in [6.45, 7) is 3.91. The van der Waals surface area contributed by atoms with Crippen LogP contribution in [0.1, 0.15) is 33.1 Å². The normalized spacial score (nSPS) is 18.1. The third-order valence-corrected chi connectivity index (χ3v) is 2.23. The quantitative estimate of drug-likeness (QED) is 0.584. The molecule has 1 rings (SSSR count). The van der Waals surface area contributed by atoms with Crippen LogP contribution in [0, 0.1) is 11.3 Å². The van der Waals surface area contributed by atoms with E-state index in [0.29, 0.717) is 0 Å². The second-order valence-electron chi connectivity index (χ2n) is 4.02. The first kappa shape index (κ1) is 8.57. The van der Waals surface area contributed by atoms with E-state index in [4.69, 9.17) is 4.74 Å². The lowest BCUT2D eigenvalue weighted by Crippen LogP contribution is -2.25. The van der Waals surface area contributed by atoms with Gasteiger partial charge in [-0.25, -0.2) is 0 Å². The van der Waals surface area contributed by atoms with Crippen molar-refractivity contribution in [3.8, 4) is 0 Å². The summed E-state index contributed by atoms with van der Waals surface area (Å²) < 4.78 is 4.70. The lowest BCUT2D eigenvalue weighted by Gasteiger charge is -2.20. The first-order valence-corrected chi connectivity index (χ1v) is 4.14. The third-order valence-electron chi connectivity index (χ3n) is 2.23. The van der Waals surface area contributed by atoms with Gasteiger partial charge in [-0.2, -0.15) is 0 Å². The van der Waals surface area contributed by atoms with Crippen LogP contribution in [0.15, 0.2) is 0 Å². The molecule has 0 N–H and O–H groups in total. The highest BCUT2D eigenvalue weighted by Gasteiger charge is 2.35. The fourth-order valence-electron chi connectivity index (χ4n) is 1.40. The minimum absolute atomic E-state index is 0.0793. The zero-order valence-electron chi connectivity index (χ0n) is 7.52. The minimum Gasteiger partial charge on any atom is -0.469 e. The van der Waals surface area contributed by atoms with Crippen molar-refractivity contribution in [2.45, 2.75) is 33.1 Å². The average Bonchev–Trinajstić information content (AvgIpc) is 2.69. The zero-order valence-corrected chi connectivity index (χ0v) is 7.52. The van der Waals surface area contributed by atoms with Crippen LogP contribution in [-0.4, -0.2) is 13.1 Å². The summed E-state index contributed by atoms with van der Waals surface area (Å²) >= 11 is 0. The second kappa shape index (κ2) is 2.84. The molecule has 2 heteroatoms. The Bertz CT molecular complexity index is 157. The van der Waals surface area contributed by atoms with Gasteiger partial charge < -0.3 is 4.74 Å². The van der Waals surface area contributed by atoms with E-state index in [1.54, 1.807) is 0 Å². The highest BCUT2D eigenvalue weighted by molar-refractivity contribution is 5.75. The lowest BCUT2D eigenvalue weighted by atomic mass is 9.87. The molecule has 0 atom stereocenters. The van der Waals surface area contributed by atoms with Gasteiger partial charge in [0.25, 0.3) is 0 Å². The molecule has 0 amide bonds. The number of carbonyl (C=O) groups excluding carboxylic acids is 1. The fourth-order valence-corrected chi connectivity index (χ4v) is 1.40. The fraction of sp³-hybridized carbons (Fsp3) is 0.889. The summed E-state index contributed by atoms with van der Waals surface area (Å²) in [6.07, 6.45) is 3.57. The van der Waals surface area contributed by atoms with E-state index >= 15 is 0 Å². The van der Waals surface area contributed by atoms with Crippen molar-refractivity contribution >= 4 is 5.97 Å². The molecule has 64 valence electrons. The van der Waals surface area contributed by atoms with Crippen molar-refractivity contribution in [3.63, 3.8) is 0 Å². The maximum atomic E-state index is 11.2. The van der Waals surface area contributed by atoms with Gasteiger partial charge in [-0.1, -0.05) is 12.8 Å². The van der Waals surface area contributed by atoms with Crippen LogP contribution in [0.2, 0.25) is 0 Å². The van der Waals surface area contributed by atoms with E-state index in [1.165, 1.54) is 20.0 Å². The van der Waals surface area contributed by atoms with Crippen molar-refractivity contribution in [2.75, 3.05) is 7.11 Å². The molecule has 1 aliphatic rings. The van der Waals surface area contributed by atoms with E-state index in [0.717, 1.165) is 12.3 Å². The number of ether oxygens (including phenoxy) is 1. The maximum Gasteiger partial charge on any atom is 0.311 e. The molecule has 0 aliphatic heterocycles. The Morgan fingerprint density at radius 1 is 1.55 bits per heavy atom. The Balaban J connectivity index is 2.42. The van der Waals surface area contributed by atoms with E-state index in [9.17, 15) is 4.79 Å². The smallest absolute Gasteiger partial charge is 0.311 e. The van der Waals surface area contributed by atoms with Crippen molar-refractivity contribution in [1.82, 2.24) is 0 Å². The second-order valence-corrected chi connectivity index (χ2v) is 4.02. The number of carbonyl (C=O) groups is 1. The van der Waals surface area contributed by atoms with Gasteiger partial charge in [0.1, 0.15) is 0 Å². The average molecular weight is 156 g/mol. The van der Waals surface area contributed by atoms with Gasteiger partial charge in [-0.05, 0) is 26.2 Å². The minimum atomic E-state index is -0.268. The van der Waals surface area contributed by atoms with Crippen molar-refractivity contribution in [1.29, 1.82) is 0 Å². The predicted molar refractivity (Wildman–Crippen MR) is 43.1 cm³/mol. The molecule has 1 saturated carbocycles. The molecule has 0 aromatic rings. The highest BCUT2D eigenvalue weighted by atomic mass is 16.5. The molecule has 0 saturated heterocycles. The van der Waals surface area contributed by atoms with Gasteiger partial charge >= 0.3 is 5.97 Å². The number of esters is 1. The van der Waals surface area contributed by atoms with Crippen LogP contribution in [0.5, 0.6) is 0 Å². The summed E-state index contributed by atoms with van der Waals surface area (Å²) in [4.78, 5) is 11.2. The summed E-state index contributed by atoms with van der Waals surface area (Å²) in [6, 6.07) is 0. The molecule has 0 heterocycles. The van der Waals surface area contributed by atoms with Gasteiger partial charge in [-0.15, -0.1) is 0 Å². The standard InChI is InChI=1S/C9H16O2/c1-9(2,8(10)11-3)6-7-4-5-7/h7H,4-6H2,1-3H3. The van der Waals surface area contributed by atoms with Crippen molar-refractivity contribution in [2.24, 2.45) is 11.3 Å². The summed E-state index contributed by atoms with van der Waals surface area (Å²) in [5.74, 6) is 0.702. The van der Waals surface area contributed by atoms with Crippen LogP contribution in [0.25, 0.3) is 0 Å². The monoisotopic (exact) mass is 156 g/mol. The molecule has 0 unspecified atom stereocenters. The van der Waals surface area contributed by atoms with Gasteiger partial charge in [-0.3, -0.25) is 4.79 Å². The summed E-state index contributed by atoms with van der Waals surface area (Å²) in [5, 5.41) is 0. The molecule has 0 aromatic heterocycles. The molecule has 0 bridgehead atoms. The summed E-state index contributed by atoms with van der Waals surface area (Å²) in [5.41, 5.74) is -0.268. The molecular formula is C9H16O2. The van der Waals surface area contributed by atoms with Crippen molar-refractivity contribution < 1.29 is 9.53 Å². The maximum absolute atomic E-state index is 11.2. The van der Waals surface area contributed by atoms with Gasteiger partial charge in [0, 0.05) is 0 Å². The van der Waals surface area contributed by atoms with Crippen LogP contribution in [-0.2, 0) is 9.53 Å². The third kappa shape index (κ3) is 2.21. The van der Waals surface area contributed by atoms with E-state index in [1.807, 2.05) is 13.8 Å². The SMILES string of the molecule is COC(=O)C(C)(C)CC1CC1. The Kier molecular flexibility index (Phi) is 2.21. The van der Waals surface area contributed by atoms with Crippen LogP contribution in [0.4, 0.5) is 0 Å². The van der Waals surface area contributed by atoms with Crippen LogP contribution >= 0.6 is 0 Å². The molecule has 0 aromatic carbocycles. The molecule has 0 radical (unpaired) electrons. The van der Waals surface area contributed by atoms with E-state index in [2.05, 4.69) is 0 Å². The Morgan fingerprint density at radius 3 is 2.45 bits per heavy atom. The molecule has 0 spiro atoms. The lowest BCUT2D eigenvalue weighted by molar-refractivity contribution is -0.151. The van der Waals surface area contributed by atoms with Crippen LogP contribution in [0.3, 0.4) is 0 Å². The zero-order chi connectivity index (χ0) is 8.48. The largest absolute Gasteiger partial charge is 0.469 e. The molecule has 11 heavy (non-hydrogen) atoms. The number of rotatable bonds is 3. The molecule has 2 nitrogen and oxygen atoms in total. The Morgan fingerprint density at radius 2 is 2.09 bits per heavy atom. The molecule has 1 fully saturated rings. The van der Waals surface area contributed by atoms with E-state index < -0.39 is 0 Å².